The zero-order chi connectivity index (χ0) is 11.6. The molecule has 16 heavy (non-hydrogen) atoms. The van der Waals surface area contributed by atoms with E-state index in [-0.39, 0.29) is 30.1 Å². The van der Waals surface area contributed by atoms with Gasteiger partial charge in [-0.2, -0.15) is 0 Å². The van der Waals surface area contributed by atoms with Crippen LogP contribution >= 0.6 is 0 Å². The molecule has 2 rings (SSSR count). The quantitative estimate of drug-likeness (QED) is 0.759. The van der Waals surface area contributed by atoms with E-state index >= 15 is 0 Å². The van der Waals surface area contributed by atoms with Gasteiger partial charge in [0.25, 0.3) is 0 Å². The van der Waals surface area contributed by atoms with E-state index in [1.165, 1.54) is 0 Å². The van der Waals surface area contributed by atoms with Crippen molar-refractivity contribution in [2.45, 2.75) is 31.7 Å². The molecule has 0 aliphatic carbocycles. The summed E-state index contributed by atoms with van der Waals surface area (Å²) in [6, 6.07) is 0. The normalized spacial score (nSPS) is 38.7. The first kappa shape index (κ1) is 12.3. The van der Waals surface area contributed by atoms with Gasteiger partial charge in [-0.3, -0.25) is 0 Å². The van der Waals surface area contributed by atoms with E-state index in [2.05, 4.69) is 0 Å². The maximum absolute atomic E-state index is 11.5. The van der Waals surface area contributed by atoms with E-state index < -0.39 is 16.1 Å². The average molecular weight is 250 g/mol. The summed E-state index contributed by atoms with van der Waals surface area (Å²) >= 11 is 0. The molecule has 94 valence electrons. The molecule has 1 N–H and O–H groups in total. The fourth-order valence-corrected chi connectivity index (χ4v) is 4.04. The Balaban J connectivity index is 1.89. The SMILES string of the molecule is O=S1(=O)CCCC(C2OCC(CCO)O2)C1. The van der Waals surface area contributed by atoms with Crippen LogP contribution in [0.25, 0.3) is 0 Å². The van der Waals surface area contributed by atoms with Crippen molar-refractivity contribution in [2.24, 2.45) is 5.92 Å². The van der Waals surface area contributed by atoms with Crippen LogP contribution in [0, 0.1) is 5.92 Å². The summed E-state index contributed by atoms with van der Waals surface area (Å²) in [6.07, 6.45) is 1.61. The summed E-state index contributed by atoms with van der Waals surface area (Å²) in [4.78, 5) is 0. The Kier molecular flexibility index (Phi) is 3.84. The molecule has 5 nitrogen and oxygen atoms in total. The molecule has 2 aliphatic heterocycles. The first-order chi connectivity index (χ1) is 7.61. The summed E-state index contributed by atoms with van der Waals surface area (Å²) < 4.78 is 34.0. The van der Waals surface area contributed by atoms with Crippen LogP contribution < -0.4 is 0 Å². The Morgan fingerprint density at radius 1 is 1.38 bits per heavy atom. The van der Waals surface area contributed by atoms with Crippen molar-refractivity contribution < 1.29 is 23.0 Å². The highest BCUT2D eigenvalue weighted by Gasteiger charge is 2.36. The standard InChI is InChI=1S/C10H18O5S/c11-4-3-9-6-14-10(15-9)8-2-1-5-16(12,13)7-8/h8-11H,1-7H2. The molecular formula is C10H18O5S. The molecule has 2 fully saturated rings. The lowest BCUT2D eigenvalue weighted by molar-refractivity contribution is -0.0952. The van der Waals surface area contributed by atoms with Crippen molar-refractivity contribution in [1.82, 2.24) is 0 Å². The lowest BCUT2D eigenvalue weighted by atomic mass is 10.1. The molecule has 0 aromatic rings. The van der Waals surface area contributed by atoms with Gasteiger partial charge in [0.05, 0.1) is 24.2 Å². The Morgan fingerprint density at radius 2 is 2.19 bits per heavy atom. The van der Waals surface area contributed by atoms with E-state index in [0.717, 1.165) is 6.42 Å². The van der Waals surface area contributed by atoms with E-state index in [0.29, 0.717) is 19.4 Å². The third-order valence-corrected chi connectivity index (χ3v) is 4.95. The Labute approximate surface area is 95.7 Å². The van der Waals surface area contributed by atoms with Crippen molar-refractivity contribution >= 4 is 9.84 Å². The average Bonchev–Trinajstić information content (AvgIpc) is 2.65. The molecule has 6 heteroatoms. The number of aliphatic hydroxyl groups is 1. The van der Waals surface area contributed by atoms with Crippen LogP contribution in [0.4, 0.5) is 0 Å². The Bertz CT molecular complexity index is 326. The topological polar surface area (TPSA) is 72.8 Å². The molecule has 3 unspecified atom stereocenters. The van der Waals surface area contributed by atoms with E-state index in [1.54, 1.807) is 0 Å². The van der Waals surface area contributed by atoms with Crippen molar-refractivity contribution in [3.05, 3.63) is 0 Å². The third kappa shape index (κ3) is 2.94. The van der Waals surface area contributed by atoms with Crippen molar-refractivity contribution in [2.75, 3.05) is 24.7 Å². The highest BCUT2D eigenvalue weighted by Crippen LogP contribution is 2.28. The second-order valence-corrected chi connectivity index (χ2v) is 6.72. The molecule has 2 aliphatic rings. The van der Waals surface area contributed by atoms with Gasteiger partial charge in [-0.25, -0.2) is 8.42 Å². The van der Waals surface area contributed by atoms with Gasteiger partial charge >= 0.3 is 0 Å². The highest BCUT2D eigenvalue weighted by molar-refractivity contribution is 7.91. The second-order valence-electron chi connectivity index (χ2n) is 4.49. The van der Waals surface area contributed by atoms with Gasteiger partial charge in [0.2, 0.25) is 0 Å². The van der Waals surface area contributed by atoms with Crippen LogP contribution in [0.2, 0.25) is 0 Å². The summed E-state index contributed by atoms with van der Waals surface area (Å²) in [5.41, 5.74) is 0. The maximum Gasteiger partial charge on any atom is 0.161 e. The lowest BCUT2D eigenvalue weighted by Crippen LogP contribution is -2.34. The van der Waals surface area contributed by atoms with Crippen molar-refractivity contribution in [3.63, 3.8) is 0 Å². The number of ether oxygens (including phenoxy) is 2. The maximum atomic E-state index is 11.5. The molecule has 0 amide bonds. The number of hydrogen-bond acceptors (Lipinski definition) is 5. The van der Waals surface area contributed by atoms with Gasteiger partial charge in [-0.1, -0.05) is 0 Å². The molecule has 3 atom stereocenters. The highest BCUT2D eigenvalue weighted by atomic mass is 32.2. The molecule has 2 saturated heterocycles. The predicted octanol–water partition coefficient (Wildman–Crippen LogP) is -0.0649. The Hall–Kier alpha value is -0.170. The largest absolute Gasteiger partial charge is 0.396 e. The predicted molar refractivity (Wildman–Crippen MR) is 57.7 cm³/mol. The first-order valence-corrected chi connectivity index (χ1v) is 7.51. The number of hydrogen-bond donors (Lipinski definition) is 1. The summed E-state index contributed by atoms with van der Waals surface area (Å²) in [6.45, 7) is 0.533. The van der Waals surface area contributed by atoms with Crippen molar-refractivity contribution in [3.8, 4) is 0 Å². The smallest absolute Gasteiger partial charge is 0.161 e. The van der Waals surface area contributed by atoms with Gasteiger partial charge in [-0.05, 0) is 19.3 Å². The minimum Gasteiger partial charge on any atom is -0.396 e. The van der Waals surface area contributed by atoms with Crippen LogP contribution in [0.5, 0.6) is 0 Å². The van der Waals surface area contributed by atoms with Gasteiger partial charge in [-0.15, -0.1) is 0 Å². The lowest BCUT2D eigenvalue weighted by Gasteiger charge is -2.26. The number of sulfone groups is 1. The van der Waals surface area contributed by atoms with Crippen LogP contribution in [0.3, 0.4) is 0 Å². The number of rotatable bonds is 3. The monoisotopic (exact) mass is 250 g/mol. The van der Waals surface area contributed by atoms with Crippen LogP contribution in [0.1, 0.15) is 19.3 Å². The van der Waals surface area contributed by atoms with Gasteiger partial charge in [0.1, 0.15) is 0 Å². The molecule has 0 aromatic heterocycles. The molecule has 0 spiro atoms. The Morgan fingerprint density at radius 3 is 2.88 bits per heavy atom. The first-order valence-electron chi connectivity index (χ1n) is 5.69. The second kappa shape index (κ2) is 5.00. The van der Waals surface area contributed by atoms with Crippen LogP contribution in [0.15, 0.2) is 0 Å². The van der Waals surface area contributed by atoms with Gasteiger partial charge < -0.3 is 14.6 Å². The molecule has 0 radical (unpaired) electrons. The van der Waals surface area contributed by atoms with Gasteiger partial charge in [0.15, 0.2) is 16.1 Å². The fraction of sp³-hybridized carbons (Fsp3) is 1.00. The van der Waals surface area contributed by atoms with Crippen LogP contribution in [-0.2, 0) is 19.3 Å². The molecule has 2 heterocycles. The molecule has 0 bridgehead atoms. The van der Waals surface area contributed by atoms with Gasteiger partial charge in [0, 0.05) is 12.5 Å². The zero-order valence-corrected chi connectivity index (χ0v) is 9.99. The van der Waals surface area contributed by atoms with E-state index in [1.807, 2.05) is 0 Å². The van der Waals surface area contributed by atoms with Crippen LogP contribution in [-0.4, -0.2) is 50.6 Å². The summed E-state index contributed by atoms with van der Waals surface area (Å²) in [7, 11) is -2.91. The molecule has 0 aromatic carbocycles. The van der Waals surface area contributed by atoms with E-state index in [4.69, 9.17) is 14.6 Å². The number of aliphatic hydroxyl groups excluding tert-OH is 1. The fourth-order valence-electron chi connectivity index (χ4n) is 2.29. The molecule has 0 saturated carbocycles. The van der Waals surface area contributed by atoms with Crippen molar-refractivity contribution in [1.29, 1.82) is 0 Å². The molecular weight excluding hydrogens is 232 g/mol. The summed E-state index contributed by atoms with van der Waals surface area (Å²) in [5, 5.41) is 8.77. The minimum absolute atomic E-state index is 0.0394. The third-order valence-electron chi connectivity index (χ3n) is 3.11. The summed E-state index contributed by atoms with van der Waals surface area (Å²) in [5.74, 6) is 0.419. The van der Waals surface area contributed by atoms with E-state index in [9.17, 15) is 8.42 Å². The minimum atomic E-state index is -2.91. The zero-order valence-electron chi connectivity index (χ0n) is 9.17.